The largest absolute Gasteiger partial charge is 0.480 e. The van der Waals surface area contributed by atoms with E-state index in [2.05, 4.69) is 10.6 Å². The Morgan fingerprint density at radius 3 is 2.81 bits per heavy atom. The van der Waals surface area contributed by atoms with E-state index in [9.17, 15) is 9.59 Å². The Labute approximate surface area is 95.6 Å². The Bertz CT molecular complexity index is 266. The lowest BCUT2D eigenvalue weighted by Gasteiger charge is -2.23. The first kappa shape index (κ1) is 13.0. The highest BCUT2D eigenvalue weighted by atomic mass is 16.4. The second kappa shape index (κ2) is 5.84. The van der Waals surface area contributed by atoms with E-state index in [-0.39, 0.29) is 17.9 Å². The fourth-order valence-corrected chi connectivity index (χ4v) is 1.92. The van der Waals surface area contributed by atoms with Crippen molar-refractivity contribution in [3.8, 4) is 0 Å². The van der Waals surface area contributed by atoms with Crippen molar-refractivity contribution in [1.82, 2.24) is 10.6 Å². The molecule has 16 heavy (non-hydrogen) atoms. The van der Waals surface area contributed by atoms with Crippen LogP contribution in [0.4, 0.5) is 0 Å². The Kier molecular flexibility index (Phi) is 4.73. The molecule has 0 spiro atoms. The SMILES string of the molecule is CC(C)C(NC1CCCNC(=O)C1)C(=O)O. The number of hydrogen-bond acceptors (Lipinski definition) is 3. The highest BCUT2D eigenvalue weighted by Gasteiger charge is 2.26. The van der Waals surface area contributed by atoms with Crippen LogP contribution in [-0.2, 0) is 9.59 Å². The molecule has 1 amide bonds. The summed E-state index contributed by atoms with van der Waals surface area (Å²) in [5, 5.41) is 14.9. The molecule has 2 atom stereocenters. The van der Waals surface area contributed by atoms with Crippen LogP contribution in [0.1, 0.15) is 33.1 Å². The molecule has 1 rings (SSSR count). The third-order valence-corrected chi connectivity index (χ3v) is 2.83. The minimum Gasteiger partial charge on any atom is -0.480 e. The first-order valence-electron chi connectivity index (χ1n) is 5.76. The summed E-state index contributed by atoms with van der Waals surface area (Å²) in [7, 11) is 0. The number of amides is 1. The summed E-state index contributed by atoms with van der Waals surface area (Å²) in [6, 6.07) is -0.595. The fourth-order valence-electron chi connectivity index (χ4n) is 1.92. The minimum atomic E-state index is -0.848. The zero-order valence-electron chi connectivity index (χ0n) is 9.82. The zero-order chi connectivity index (χ0) is 12.1. The van der Waals surface area contributed by atoms with E-state index in [1.807, 2.05) is 13.8 Å². The topological polar surface area (TPSA) is 78.4 Å². The molecule has 0 radical (unpaired) electrons. The summed E-state index contributed by atoms with van der Waals surface area (Å²) in [5.41, 5.74) is 0. The number of hydrogen-bond donors (Lipinski definition) is 3. The quantitative estimate of drug-likeness (QED) is 0.649. The maximum absolute atomic E-state index is 11.3. The number of carbonyl (C=O) groups excluding carboxylic acids is 1. The van der Waals surface area contributed by atoms with Crippen molar-refractivity contribution < 1.29 is 14.7 Å². The minimum absolute atomic E-state index is 0.00268. The number of aliphatic carboxylic acids is 1. The van der Waals surface area contributed by atoms with Crippen LogP contribution in [0.2, 0.25) is 0 Å². The summed E-state index contributed by atoms with van der Waals surface area (Å²) in [4.78, 5) is 22.3. The molecule has 1 aliphatic heterocycles. The predicted molar refractivity (Wildman–Crippen MR) is 60.0 cm³/mol. The Morgan fingerprint density at radius 2 is 2.25 bits per heavy atom. The first-order valence-corrected chi connectivity index (χ1v) is 5.76. The third kappa shape index (κ3) is 3.81. The molecule has 0 saturated carbocycles. The van der Waals surface area contributed by atoms with Crippen molar-refractivity contribution in [2.24, 2.45) is 5.92 Å². The Balaban J connectivity index is 2.55. The molecule has 92 valence electrons. The van der Waals surface area contributed by atoms with Gasteiger partial charge in [-0.1, -0.05) is 13.8 Å². The van der Waals surface area contributed by atoms with Gasteiger partial charge in [-0.25, -0.2) is 0 Å². The summed E-state index contributed by atoms with van der Waals surface area (Å²) in [6.45, 7) is 4.42. The molecule has 1 heterocycles. The van der Waals surface area contributed by atoms with Gasteiger partial charge in [-0.2, -0.15) is 0 Å². The van der Waals surface area contributed by atoms with E-state index >= 15 is 0 Å². The van der Waals surface area contributed by atoms with Crippen molar-refractivity contribution in [3.63, 3.8) is 0 Å². The van der Waals surface area contributed by atoms with Crippen LogP contribution in [0.15, 0.2) is 0 Å². The molecule has 1 aliphatic rings. The van der Waals surface area contributed by atoms with Crippen LogP contribution >= 0.6 is 0 Å². The van der Waals surface area contributed by atoms with E-state index in [1.165, 1.54) is 0 Å². The van der Waals surface area contributed by atoms with Crippen molar-refractivity contribution in [2.75, 3.05) is 6.54 Å². The molecule has 1 fully saturated rings. The highest BCUT2D eigenvalue weighted by Crippen LogP contribution is 2.10. The van der Waals surface area contributed by atoms with E-state index in [0.717, 1.165) is 12.8 Å². The van der Waals surface area contributed by atoms with E-state index in [0.29, 0.717) is 13.0 Å². The molecule has 0 aromatic carbocycles. The second-order valence-electron chi connectivity index (χ2n) is 4.62. The van der Waals surface area contributed by atoms with E-state index in [4.69, 9.17) is 5.11 Å². The van der Waals surface area contributed by atoms with Crippen LogP contribution in [0.5, 0.6) is 0 Å². The molecular formula is C11H20N2O3. The lowest BCUT2D eigenvalue weighted by Crippen LogP contribution is -2.47. The van der Waals surface area contributed by atoms with Crippen molar-refractivity contribution in [3.05, 3.63) is 0 Å². The maximum atomic E-state index is 11.3. The van der Waals surface area contributed by atoms with Gasteiger partial charge in [0.05, 0.1) is 0 Å². The third-order valence-electron chi connectivity index (χ3n) is 2.83. The van der Waals surface area contributed by atoms with Gasteiger partial charge in [0.1, 0.15) is 6.04 Å². The maximum Gasteiger partial charge on any atom is 0.320 e. The van der Waals surface area contributed by atoms with Crippen molar-refractivity contribution >= 4 is 11.9 Å². The number of nitrogens with one attached hydrogen (secondary N) is 2. The Hall–Kier alpha value is -1.10. The van der Waals surface area contributed by atoms with Gasteiger partial charge in [0.2, 0.25) is 5.91 Å². The summed E-state index contributed by atoms with van der Waals surface area (Å²) >= 11 is 0. The van der Waals surface area contributed by atoms with Crippen LogP contribution < -0.4 is 10.6 Å². The highest BCUT2D eigenvalue weighted by molar-refractivity contribution is 5.77. The summed E-state index contributed by atoms with van der Waals surface area (Å²) in [5.74, 6) is -0.827. The predicted octanol–water partition coefficient (Wildman–Crippen LogP) is 0.354. The molecule has 1 saturated heterocycles. The summed E-state index contributed by atoms with van der Waals surface area (Å²) < 4.78 is 0. The van der Waals surface area contributed by atoms with Gasteiger partial charge < -0.3 is 15.7 Å². The van der Waals surface area contributed by atoms with Gasteiger partial charge >= 0.3 is 5.97 Å². The van der Waals surface area contributed by atoms with Gasteiger partial charge in [0.25, 0.3) is 0 Å². The molecule has 0 bridgehead atoms. The Morgan fingerprint density at radius 1 is 1.56 bits per heavy atom. The molecule has 0 aliphatic carbocycles. The van der Waals surface area contributed by atoms with Crippen molar-refractivity contribution in [2.45, 2.75) is 45.2 Å². The van der Waals surface area contributed by atoms with Gasteiger partial charge in [0.15, 0.2) is 0 Å². The molecule has 5 nitrogen and oxygen atoms in total. The van der Waals surface area contributed by atoms with Gasteiger partial charge in [-0.05, 0) is 18.8 Å². The standard InChI is InChI=1S/C11H20N2O3/c1-7(2)10(11(15)16)13-8-4-3-5-12-9(14)6-8/h7-8,10,13H,3-6H2,1-2H3,(H,12,14)(H,15,16). The number of carbonyl (C=O) groups is 2. The van der Waals surface area contributed by atoms with E-state index < -0.39 is 12.0 Å². The molecule has 3 N–H and O–H groups in total. The number of carboxylic acids is 1. The number of carboxylic acid groups (broad SMARTS) is 1. The molecule has 0 aromatic heterocycles. The lowest BCUT2D eigenvalue weighted by molar-refractivity contribution is -0.141. The zero-order valence-corrected chi connectivity index (χ0v) is 9.82. The summed E-state index contributed by atoms with van der Waals surface area (Å²) in [6.07, 6.45) is 2.11. The first-order chi connectivity index (χ1) is 7.50. The fraction of sp³-hybridized carbons (Fsp3) is 0.818. The van der Waals surface area contributed by atoms with Gasteiger partial charge in [-0.15, -0.1) is 0 Å². The lowest BCUT2D eigenvalue weighted by atomic mass is 10.0. The van der Waals surface area contributed by atoms with Gasteiger partial charge in [0, 0.05) is 19.0 Å². The van der Waals surface area contributed by atoms with Crippen LogP contribution in [-0.4, -0.2) is 35.6 Å². The van der Waals surface area contributed by atoms with Gasteiger partial charge in [-0.3, -0.25) is 9.59 Å². The second-order valence-corrected chi connectivity index (χ2v) is 4.62. The van der Waals surface area contributed by atoms with Crippen LogP contribution in [0.25, 0.3) is 0 Å². The molecule has 2 unspecified atom stereocenters. The smallest absolute Gasteiger partial charge is 0.320 e. The van der Waals surface area contributed by atoms with Crippen LogP contribution in [0, 0.1) is 5.92 Å². The average molecular weight is 228 g/mol. The molecule has 0 aromatic rings. The monoisotopic (exact) mass is 228 g/mol. The van der Waals surface area contributed by atoms with E-state index in [1.54, 1.807) is 0 Å². The normalized spacial score (nSPS) is 23.7. The van der Waals surface area contributed by atoms with Crippen LogP contribution in [0.3, 0.4) is 0 Å². The number of rotatable bonds is 4. The molecular weight excluding hydrogens is 208 g/mol. The van der Waals surface area contributed by atoms with Crippen molar-refractivity contribution in [1.29, 1.82) is 0 Å². The molecule has 5 heteroatoms. The average Bonchev–Trinajstić information content (AvgIpc) is 2.38.